The van der Waals surface area contributed by atoms with Gasteiger partial charge in [-0.15, -0.1) is 0 Å². The summed E-state index contributed by atoms with van der Waals surface area (Å²) in [6.07, 6.45) is 3.30. The number of carbonyl (C=O) groups is 2. The van der Waals surface area contributed by atoms with Gasteiger partial charge in [-0.1, -0.05) is 57.2 Å². The van der Waals surface area contributed by atoms with Crippen molar-refractivity contribution in [3.8, 4) is 5.75 Å². The average Bonchev–Trinajstić information content (AvgIpc) is 3.35. The zero-order valence-electron chi connectivity index (χ0n) is 20.7. The molecule has 0 aromatic heterocycles. The zero-order chi connectivity index (χ0) is 24.1. The van der Waals surface area contributed by atoms with Crippen molar-refractivity contribution < 1.29 is 14.3 Å². The van der Waals surface area contributed by atoms with E-state index in [1.54, 1.807) is 0 Å². The normalized spacial score (nSPS) is 18.4. The Labute approximate surface area is 203 Å². The summed E-state index contributed by atoms with van der Waals surface area (Å²) in [6, 6.07) is 16.0. The van der Waals surface area contributed by atoms with E-state index >= 15 is 0 Å². The third kappa shape index (κ3) is 5.79. The second-order valence-electron chi connectivity index (χ2n) is 10.4. The van der Waals surface area contributed by atoms with Crippen molar-refractivity contribution in [3.05, 3.63) is 65.2 Å². The minimum Gasteiger partial charge on any atom is -0.484 e. The fraction of sp³-hybridized carbons (Fsp3) is 0.500. The summed E-state index contributed by atoms with van der Waals surface area (Å²) in [5, 5.41) is 2.96. The van der Waals surface area contributed by atoms with E-state index < -0.39 is 5.41 Å². The first-order valence-electron chi connectivity index (χ1n) is 12.4. The Kier molecular flexibility index (Phi) is 7.57. The van der Waals surface area contributed by atoms with Gasteiger partial charge < -0.3 is 19.9 Å². The molecule has 0 radical (unpaired) electrons. The first kappa shape index (κ1) is 24.3. The van der Waals surface area contributed by atoms with E-state index in [0.29, 0.717) is 18.8 Å². The molecule has 1 fully saturated rings. The quantitative estimate of drug-likeness (QED) is 0.679. The molecule has 2 heterocycles. The number of benzene rings is 2. The SMILES string of the molecule is CC(C)(C)C(=O)N1CCc2ccc(OCC(=O)NCCN3CCCC3)cc2C1c1ccccc1. The van der Waals surface area contributed by atoms with E-state index in [9.17, 15) is 9.59 Å². The molecular weight excluding hydrogens is 426 g/mol. The number of rotatable bonds is 7. The van der Waals surface area contributed by atoms with Gasteiger partial charge in [0.25, 0.3) is 5.91 Å². The van der Waals surface area contributed by atoms with Crippen LogP contribution in [0.3, 0.4) is 0 Å². The van der Waals surface area contributed by atoms with Gasteiger partial charge in [0, 0.05) is 25.0 Å². The summed E-state index contributed by atoms with van der Waals surface area (Å²) >= 11 is 0. The lowest BCUT2D eigenvalue weighted by Gasteiger charge is -2.41. The van der Waals surface area contributed by atoms with Crippen LogP contribution in [0, 0.1) is 5.41 Å². The maximum atomic E-state index is 13.3. The Balaban J connectivity index is 1.47. The molecule has 2 aromatic rings. The largest absolute Gasteiger partial charge is 0.484 e. The topological polar surface area (TPSA) is 61.9 Å². The Morgan fingerprint density at radius 2 is 1.76 bits per heavy atom. The molecule has 6 nitrogen and oxygen atoms in total. The molecule has 2 aliphatic rings. The van der Waals surface area contributed by atoms with Gasteiger partial charge in [-0.3, -0.25) is 9.59 Å². The van der Waals surface area contributed by atoms with Crippen LogP contribution in [-0.4, -0.2) is 60.9 Å². The highest BCUT2D eigenvalue weighted by Gasteiger charge is 2.37. The summed E-state index contributed by atoms with van der Waals surface area (Å²) in [5.74, 6) is 0.677. The number of hydrogen-bond donors (Lipinski definition) is 1. The standard InChI is InChI=1S/C28H37N3O3/c1-28(2,3)27(33)31-17-13-21-11-12-23(19-24(21)26(31)22-9-5-4-6-10-22)34-20-25(32)29-14-18-30-15-7-8-16-30/h4-6,9-12,19,26H,7-8,13-18,20H2,1-3H3,(H,29,32). The van der Waals surface area contributed by atoms with Crippen molar-refractivity contribution in [2.75, 3.05) is 39.3 Å². The predicted molar refractivity (Wildman–Crippen MR) is 134 cm³/mol. The molecule has 182 valence electrons. The molecule has 1 saturated heterocycles. The summed E-state index contributed by atoms with van der Waals surface area (Å²) < 4.78 is 5.87. The Bertz CT molecular complexity index is 994. The third-order valence-electron chi connectivity index (χ3n) is 6.68. The molecule has 2 amide bonds. The van der Waals surface area contributed by atoms with E-state index in [-0.39, 0.29) is 24.5 Å². The molecule has 34 heavy (non-hydrogen) atoms. The Hall–Kier alpha value is -2.86. The maximum Gasteiger partial charge on any atom is 0.257 e. The number of likely N-dealkylation sites (tertiary alicyclic amines) is 1. The van der Waals surface area contributed by atoms with Crippen LogP contribution in [-0.2, 0) is 16.0 Å². The minimum absolute atomic E-state index is 0.0145. The lowest BCUT2D eigenvalue weighted by atomic mass is 9.85. The van der Waals surface area contributed by atoms with Gasteiger partial charge in [0.1, 0.15) is 5.75 Å². The predicted octanol–water partition coefficient (Wildman–Crippen LogP) is 3.80. The van der Waals surface area contributed by atoms with Crippen molar-refractivity contribution in [2.24, 2.45) is 5.41 Å². The van der Waals surface area contributed by atoms with Gasteiger partial charge in [-0.25, -0.2) is 0 Å². The molecule has 1 N–H and O–H groups in total. The minimum atomic E-state index is -0.466. The number of fused-ring (bicyclic) bond motifs is 1. The number of hydrogen-bond acceptors (Lipinski definition) is 4. The van der Waals surface area contributed by atoms with Crippen LogP contribution in [0.15, 0.2) is 48.5 Å². The summed E-state index contributed by atoms with van der Waals surface area (Å²) in [5.41, 5.74) is 2.90. The van der Waals surface area contributed by atoms with Gasteiger partial charge in [-0.2, -0.15) is 0 Å². The van der Waals surface area contributed by atoms with Crippen LogP contribution in [0.2, 0.25) is 0 Å². The first-order chi connectivity index (χ1) is 16.3. The molecule has 0 spiro atoms. The van der Waals surface area contributed by atoms with Crippen LogP contribution >= 0.6 is 0 Å². The van der Waals surface area contributed by atoms with Crippen LogP contribution in [0.1, 0.15) is 56.3 Å². The van der Waals surface area contributed by atoms with Gasteiger partial charge in [0.05, 0.1) is 6.04 Å². The lowest BCUT2D eigenvalue weighted by Crippen LogP contribution is -2.45. The monoisotopic (exact) mass is 463 g/mol. The fourth-order valence-electron chi connectivity index (χ4n) is 4.89. The van der Waals surface area contributed by atoms with E-state index in [4.69, 9.17) is 4.74 Å². The summed E-state index contributed by atoms with van der Waals surface area (Å²) in [6.45, 7) is 10.4. The van der Waals surface area contributed by atoms with Crippen LogP contribution in [0.4, 0.5) is 0 Å². The molecule has 1 atom stereocenters. The molecule has 0 bridgehead atoms. The Morgan fingerprint density at radius 1 is 1.03 bits per heavy atom. The molecule has 4 rings (SSSR count). The number of carbonyl (C=O) groups excluding carboxylic acids is 2. The van der Waals surface area contributed by atoms with Gasteiger partial charge in [0.2, 0.25) is 5.91 Å². The fourth-order valence-corrected chi connectivity index (χ4v) is 4.89. The van der Waals surface area contributed by atoms with Crippen LogP contribution < -0.4 is 10.1 Å². The summed E-state index contributed by atoms with van der Waals surface area (Å²) in [7, 11) is 0. The van der Waals surface area contributed by atoms with Crippen molar-refractivity contribution in [3.63, 3.8) is 0 Å². The van der Waals surface area contributed by atoms with E-state index in [1.807, 2.05) is 56.0 Å². The highest BCUT2D eigenvalue weighted by atomic mass is 16.5. The number of amides is 2. The second-order valence-corrected chi connectivity index (χ2v) is 10.4. The van der Waals surface area contributed by atoms with Crippen molar-refractivity contribution in [1.82, 2.24) is 15.1 Å². The molecule has 1 unspecified atom stereocenters. The number of nitrogens with zero attached hydrogens (tertiary/aromatic N) is 2. The Morgan fingerprint density at radius 3 is 2.47 bits per heavy atom. The highest BCUT2D eigenvalue weighted by molar-refractivity contribution is 5.83. The van der Waals surface area contributed by atoms with E-state index in [1.165, 1.54) is 18.4 Å². The maximum absolute atomic E-state index is 13.3. The van der Waals surface area contributed by atoms with E-state index in [0.717, 1.165) is 37.2 Å². The van der Waals surface area contributed by atoms with Crippen molar-refractivity contribution in [2.45, 2.75) is 46.1 Å². The smallest absolute Gasteiger partial charge is 0.257 e. The van der Waals surface area contributed by atoms with Gasteiger partial charge in [0.15, 0.2) is 6.61 Å². The van der Waals surface area contributed by atoms with Gasteiger partial charge >= 0.3 is 0 Å². The first-order valence-corrected chi connectivity index (χ1v) is 12.4. The molecule has 2 aliphatic heterocycles. The van der Waals surface area contributed by atoms with Crippen LogP contribution in [0.25, 0.3) is 0 Å². The number of ether oxygens (including phenoxy) is 1. The lowest BCUT2D eigenvalue weighted by molar-refractivity contribution is -0.141. The van der Waals surface area contributed by atoms with Crippen molar-refractivity contribution in [1.29, 1.82) is 0 Å². The molecule has 6 heteroatoms. The average molecular weight is 464 g/mol. The highest BCUT2D eigenvalue weighted by Crippen LogP contribution is 2.39. The van der Waals surface area contributed by atoms with Gasteiger partial charge in [-0.05, 0) is 61.2 Å². The van der Waals surface area contributed by atoms with Crippen molar-refractivity contribution >= 4 is 11.8 Å². The molecular formula is C28H37N3O3. The van der Waals surface area contributed by atoms with Crippen LogP contribution in [0.5, 0.6) is 5.75 Å². The van der Waals surface area contributed by atoms with E-state index in [2.05, 4.69) is 28.4 Å². The zero-order valence-corrected chi connectivity index (χ0v) is 20.7. The molecule has 0 saturated carbocycles. The summed E-state index contributed by atoms with van der Waals surface area (Å²) in [4.78, 5) is 30.0. The molecule has 2 aromatic carbocycles. The second kappa shape index (κ2) is 10.6. The third-order valence-corrected chi connectivity index (χ3v) is 6.68. The molecule has 0 aliphatic carbocycles. The number of nitrogens with one attached hydrogen (secondary N) is 1.